The van der Waals surface area contributed by atoms with Gasteiger partial charge in [0.25, 0.3) is 0 Å². The van der Waals surface area contributed by atoms with Gasteiger partial charge in [-0.1, -0.05) is 121 Å². The van der Waals surface area contributed by atoms with Crippen LogP contribution in [0.3, 0.4) is 0 Å². The number of aliphatic hydroxyl groups is 1. The molecule has 0 bridgehead atoms. The van der Waals surface area contributed by atoms with E-state index in [0.29, 0.717) is 0 Å². The van der Waals surface area contributed by atoms with E-state index in [0.717, 1.165) is 22.3 Å². The lowest BCUT2D eigenvalue weighted by molar-refractivity contribution is -0.192. The summed E-state index contributed by atoms with van der Waals surface area (Å²) in [6, 6.07) is 38.3. The summed E-state index contributed by atoms with van der Waals surface area (Å²) >= 11 is 0. The molecule has 7 nitrogen and oxygen atoms in total. The molecule has 4 aromatic rings. The first-order valence-corrected chi connectivity index (χ1v) is 13.7. The van der Waals surface area contributed by atoms with Crippen LogP contribution in [-0.2, 0) is 45.4 Å². The second-order valence-electron chi connectivity index (χ2n) is 10.1. The van der Waals surface area contributed by atoms with Crippen molar-refractivity contribution in [2.24, 2.45) is 0 Å². The van der Waals surface area contributed by atoms with Crippen molar-refractivity contribution >= 4 is 6.09 Å². The molecule has 0 unspecified atom stereocenters. The molecule has 212 valence electrons. The van der Waals surface area contributed by atoms with Gasteiger partial charge in [0.15, 0.2) is 12.0 Å². The number of aliphatic hydroxyl groups excluding tert-OH is 1. The number of likely N-dealkylation sites (tertiary alicyclic amines) is 1. The van der Waals surface area contributed by atoms with E-state index in [9.17, 15) is 9.90 Å². The summed E-state index contributed by atoms with van der Waals surface area (Å²) < 4.78 is 24.8. The Morgan fingerprint density at radius 3 is 1.56 bits per heavy atom. The van der Waals surface area contributed by atoms with Crippen LogP contribution in [0.1, 0.15) is 29.2 Å². The second-order valence-corrected chi connectivity index (χ2v) is 10.1. The summed E-state index contributed by atoms with van der Waals surface area (Å²) in [6.07, 6.45) is -3.81. The average molecular weight is 554 g/mol. The quantitative estimate of drug-likeness (QED) is 0.243. The number of amides is 1. The van der Waals surface area contributed by atoms with Crippen molar-refractivity contribution in [3.8, 4) is 0 Å². The maximum Gasteiger partial charge on any atom is 0.414 e. The van der Waals surface area contributed by atoms with Crippen LogP contribution in [0.5, 0.6) is 0 Å². The predicted octanol–water partition coefficient (Wildman–Crippen LogP) is 6.06. The molecule has 0 spiro atoms. The summed E-state index contributed by atoms with van der Waals surface area (Å²) in [4.78, 5) is 15.2. The fourth-order valence-corrected chi connectivity index (χ4v) is 4.90. The number of hydrogen-bond acceptors (Lipinski definition) is 6. The van der Waals surface area contributed by atoms with Crippen LogP contribution in [-0.4, -0.2) is 40.3 Å². The van der Waals surface area contributed by atoms with Gasteiger partial charge in [0.2, 0.25) is 0 Å². The van der Waals surface area contributed by atoms with Crippen molar-refractivity contribution in [2.75, 3.05) is 0 Å². The van der Waals surface area contributed by atoms with Gasteiger partial charge < -0.3 is 24.1 Å². The Morgan fingerprint density at radius 2 is 1.07 bits per heavy atom. The summed E-state index contributed by atoms with van der Waals surface area (Å²) in [5.41, 5.74) is 2.07. The number of nitrogens with zero attached hydrogens (tertiary/aromatic N) is 1. The lowest BCUT2D eigenvalue weighted by atomic mass is 10.1. The topological polar surface area (TPSA) is 77.5 Å². The van der Waals surface area contributed by atoms with E-state index in [2.05, 4.69) is 0 Å². The number of benzene rings is 4. The zero-order valence-corrected chi connectivity index (χ0v) is 23.0. The van der Waals surface area contributed by atoms with Gasteiger partial charge in [-0.25, -0.2) is 9.69 Å². The van der Waals surface area contributed by atoms with Gasteiger partial charge in [0, 0.05) is 0 Å². The van der Waals surface area contributed by atoms with Crippen LogP contribution in [0.4, 0.5) is 4.79 Å². The highest BCUT2D eigenvalue weighted by atomic mass is 16.6. The number of hydrogen-bond donors (Lipinski definition) is 1. The van der Waals surface area contributed by atoms with Crippen LogP contribution in [0.15, 0.2) is 121 Å². The Balaban J connectivity index is 1.44. The SMILES string of the molecule is C[C@@]1(OCc2ccccc2)[C@H](O)[C@@H](OCc2ccccc2)[C@@H](OCc2ccccc2)N1C(=O)OCc1ccccc1. The molecule has 7 heteroatoms. The number of carbonyl (C=O) groups excluding carboxylic acids is 1. The Kier molecular flexibility index (Phi) is 9.44. The Labute approximate surface area is 240 Å². The fraction of sp³-hybridized carbons (Fsp3) is 0.265. The minimum absolute atomic E-state index is 0.0575. The minimum atomic E-state index is -1.51. The molecule has 1 aliphatic heterocycles. The normalized spacial score (nSPS) is 22.0. The Bertz CT molecular complexity index is 1360. The lowest BCUT2D eigenvalue weighted by Gasteiger charge is -2.37. The first-order chi connectivity index (χ1) is 20.0. The first kappa shape index (κ1) is 28.5. The highest BCUT2D eigenvalue weighted by Gasteiger charge is 2.61. The van der Waals surface area contributed by atoms with E-state index in [-0.39, 0.29) is 26.4 Å². The molecule has 1 heterocycles. The molecule has 5 rings (SSSR count). The van der Waals surface area contributed by atoms with Gasteiger partial charge in [-0.05, 0) is 29.2 Å². The molecule has 4 aromatic carbocycles. The van der Waals surface area contributed by atoms with E-state index in [1.165, 1.54) is 4.90 Å². The smallest absolute Gasteiger partial charge is 0.414 e. The molecular weight excluding hydrogens is 518 g/mol. The molecule has 0 radical (unpaired) electrons. The lowest BCUT2D eigenvalue weighted by Crippen LogP contribution is -2.55. The molecule has 0 saturated carbocycles. The van der Waals surface area contributed by atoms with E-state index < -0.39 is 30.3 Å². The highest BCUT2D eigenvalue weighted by molar-refractivity contribution is 5.69. The second kappa shape index (κ2) is 13.6. The molecule has 0 aromatic heterocycles. The monoisotopic (exact) mass is 553 g/mol. The molecule has 0 aliphatic carbocycles. The predicted molar refractivity (Wildman–Crippen MR) is 154 cm³/mol. The Hall–Kier alpha value is -4.01. The maximum absolute atomic E-state index is 13.8. The van der Waals surface area contributed by atoms with E-state index in [4.69, 9.17) is 18.9 Å². The summed E-state index contributed by atoms with van der Waals surface area (Å²) in [7, 11) is 0. The van der Waals surface area contributed by atoms with Gasteiger partial charge in [0.1, 0.15) is 18.8 Å². The summed E-state index contributed by atoms with van der Waals surface area (Å²) in [6.45, 7) is 2.31. The van der Waals surface area contributed by atoms with Crippen LogP contribution in [0.2, 0.25) is 0 Å². The summed E-state index contributed by atoms with van der Waals surface area (Å²) in [5.74, 6) is 0. The van der Waals surface area contributed by atoms with Crippen molar-refractivity contribution in [2.45, 2.75) is 57.5 Å². The van der Waals surface area contributed by atoms with Gasteiger partial charge in [-0.2, -0.15) is 0 Å². The molecule has 1 saturated heterocycles. The van der Waals surface area contributed by atoms with E-state index in [1.54, 1.807) is 6.92 Å². The van der Waals surface area contributed by atoms with Gasteiger partial charge in [-0.3, -0.25) is 0 Å². The van der Waals surface area contributed by atoms with Crippen molar-refractivity contribution in [3.63, 3.8) is 0 Å². The molecule has 1 amide bonds. The molecule has 1 N–H and O–H groups in total. The Morgan fingerprint density at radius 1 is 0.659 bits per heavy atom. The van der Waals surface area contributed by atoms with Crippen LogP contribution in [0, 0.1) is 0 Å². The van der Waals surface area contributed by atoms with Gasteiger partial charge >= 0.3 is 6.09 Å². The zero-order valence-electron chi connectivity index (χ0n) is 23.0. The van der Waals surface area contributed by atoms with E-state index in [1.807, 2.05) is 121 Å². The zero-order chi connectivity index (χ0) is 28.5. The number of rotatable bonds is 11. The van der Waals surface area contributed by atoms with Crippen molar-refractivity contribution < 1.29 is 28.8 Å². The molecule has 1 fully saturated rings. The van der Waals surface area contributed by atoms with E-state index >= 15 is 0 Å². The van der Waals surface area contributed by atoms with Crippen LogP contribution < -0.4 is 0 Å². The molecular formula is C34H35NO6. The number of carbonyl (C=O) groups is 1. The average Bonchev–Trinajstić information content (AvgIpc) is 3.24. The third-order valence-corrected chi connectivity index (χ3v) is 7.20. The molecule has 4 atom stereocenters. The molecule has 41 heavy (non-hydrogen) atoms. The number of ether oxygens (including phenoxy) is 4. The third kappa shape index (κ3) is 7.01. The standard InChI is InChI=1S/C34H35NO6/c1-34(41-25-29-20-12-5-13-21-29)31(36)30(38-22-26-14-6-2-7-15-26)32(39-23-27-16-8-3-9-17-27)35(34)33(37)40-24-28-18-10-4-11-19-28/h2-21,30-32,36H,22-25H2,1H3/t30-,31-,32-,34-/m1/s1. The van der Waals surface area contributed by atoms with Gasteiger partial charge in [-0.15, -0.1) is 0 Å². The first-order valence-electron chi connectivity index (χ1n) is 13.7. The van der Waals surface area contributed by atoms with Crippen LogP contribution >= 0.6 is 0 Å². The van der Waals surface area contributed by atoms with Gasteiger partial charge in [0.05, 0.1) is 19.8 Å². The highest BCUT2D eigenvalue weighted by Crippen LogP contribution is 2.40. The maximum atomic E-state index is 13.8. The van der Waals surface area contributed by atoms with Crippen LogP contribution in [0.25, 0.3) is 0 Å². The van der Waals surface area contributed by atoms with Crippen molar-refractivity contribution in [1.82, 2.24) is 4.90 Å². The third-order valence-electron chi connectivity index (χ3n) is 7.20. The largest absolute Gasteiger partial charge is 0.444 e. The van der Waals surface area contributed by atoms with Crippen molar-refractivity contribution in [3.05, 3.63) is 144 Å². The summed E-state index contributed by atoms with van der Waals surface area (Å²) in [5, 5.41) is 11.8. The fourth-order valence-electron chi connectivity index (χ4n) is 4.90. The molecule has 1 aliphatic rings. The van der Waals surface area contributed by atoms with Crippen molar-refractivity contribution in [1.29, 1.82) is 0 Å². The minimum Gasteiger partial charge on any atom is -0.444 e.